The highest BCUT2D eigenvalue weighted by molar-refractivity contribution is 6.42. The fourth-order valence-electron chi connectivity index (χ4n) is 1.85. The van der Waals surface area contributed by atoms with Crippen molar-refractivity contribution in [1.82, 2.24) is 10.1 Å². The average Bonchev–Trinajstić information content (AvgIpc) is 3.02. The van der Waals surface area contributed by atoms with Gasteiger partial charge in [0.2, 0.25) is 11.7 Å². The minimum atomic E-state index is -0.0958. The Bertz CT molecular complexity index is 593. The smallest absolute Gasteiger partial charge is 0.234 e. The molecule has 1 saturated carbocycles. The lowest BCUT2D eigenvalue weighted by Gasteiger charge is -2.03. The molecule has 0 bridgehead atoms. The Morgan fingerprint density at radius 3 is 2.67 bits per heavy atom. The SMILES string of the molecule is NCC1(c2nc(-c3ccc(Cl)c(Cl)c3)no2)CC1. The predicted octanol–water partition coefficient (Wildman–Crippen LogP) is 3.03. The van der Waals surface area contributed by atoms with E-state index in [-0.39, 0.29) is 5.41 Å². The van der Waals surface area contributed by atoms with Crippen molar-refractivity contribution in [2.75, 3.05) is 6.54 Å². The van der Waals surface area contributed by atoms with Crippen LogP contribution in [0.25, 0.3) is 11.4 Å². The maximum atomic E-state index is 5.96. The zero-order valence-electron chi connectivity index (χ0n) is 9.49. The normalized spacial score (nSPS) is 16.8. The van der Waals surface area contributed by atoms with Gasteiger partial charge in [-0.05, 0) is 31.0 Å². The fourth-order valence-corrected chi connectivity index (χ4v) is 2.15. The molecule has 4 nitrogen and oxygen atoms in total. The van der Waals surface area contributed by atoms with Crippen LogP contribution in [0.15, 0.2) is 22.7 Å². The molecule has 0 aliphatic heterocycles. The third-order valence-electron chi connectivity index (χ3n) is 3.30. The van der Waals surface area contributed by atoms with Gasteiger partial charge >= 0.3 is 0 Å². The Balaban J connectivity index is 1.95. The monoisotopic (exact) mass is 283 g/mol. The van der Waals surface area contributed by atoms with Crippen molar-refractivity contribution in [3.8, 4) is 11.4 Å². The fraction of sp³-hybridized carbons (Fsp3) is 0.333. The minimum absolute atomic E-state index is 0.0958. The Morgan fingerprint density at radius 2 is 2.06 bits per heavy atom. The zero-order valence-corrected chi connectivity index (χ0v) is 11.0. The van der Waals surface area contributed by atoms with Crippen LogP contribution in [0.3, 0.4) is 0 Å². The minimum Gasteiger partial charge on any atom is -0.338 e. The van der Waals surface area contributed by atoms with E-state index in [9.17, 15) is 0 Å². The summed E-state index contributed by atoms with van der Waals surface area (Å²) in [4.78, 5) is 4.40. The molecule has 94 valence electrons. The molecule has 3 rings (SSSR count). The van der Waals surface area contributed by atoms with Gasteiger partial charge in [-0.3, -0.25) is 0 Å². The van der Waals surface area contributed by atoms with Gasteiger partial charge in [-0.1, -0.05) is 28.4 Å². The first-order valence-corrected chi connectivity index (χ1v) is 6.40. The van der Waals surface area contributed by atoms with E-state index < -0.39 is 0 Å². The number of aromatic nitrogens is 2. The molecule has 0 saturated heterocycles. The lowest BCUT2D eigenvalue weighted by molar-refractivity contribution is 0.347. The zero-order chi connectivity index (χ0) is 12.8. The van der Waals surface area contributed by atoms with Gasteiger partial charge in [0, 0.05) is 12.1 Å². The molecule has 18 heavy (non-hydrogen) atoms. The van der Waals surface area contributed by atoms with Crippen molar-refractivity contribution in [3.05, 3.63) is 34.1 Å². The number of halogens is 2. The number of nitrogens with zero attached hydrogens (tertiary/aromatic N) is 2. The van der Waals surface area contributed by atoms with Gasteiger partial charge in [-0.2, -0.15) is 4.98 Å². The molecule has 6 heteroatoms. The molecule has 0 radical (unpaired) electrons. The van der Waals surface area contributed by atoms with E-state index in [0.29, 0.717) is 28.3 Å². The van der Waals surface area contributed by atoms with E-state index in [0.717, 1.165) is 18.4 Å². The van der Waals surface area contributed by atoms with Crippen molar-refractivity contribution < 1.29 is 4.52 Å². The van der Waals surface area contributed by atoms with Crippen LogP contribution in [0.4, 0.5) is 0 Å². The number of hydrogen-bond acceptors (Lipinski definition) is 4. The predicted molar refractivity (Wildman–Crippen MR) is 69.7 cm³/mol. The number of benzene rings is 1. The van der Waals surface area contributed by atoms with Gasteiger partial charge in [0.05, 0.1) is 15.5 Å². The van der Waals surface area contributed by atoms with Crippen LogP contribution < -0.4 is 5.73 Å². The van der Waals surface area contributed by atoms with Gasteiger partial charge in [-0.15, -0.1) is 0 Å². The van der Waals surface area contributed by atoms with E-state index in [1.165, 1.54) is 0 Å². The van der Waals surface area contributed by atoms with Crippen LogP contribution >= 0.6 is 23.2 Å². The first-order chi connectivity index (χ1) is 8.64. The average molecular weight is 284 g/mol. The molecule has 1 aromatic carbocycles. The molecule has 2 N–H and O–H groups in total. The van der Waals surface area contributed by atoms with Crippen molar-refractivity contribution in [3.63, 3.8) is 0 Å². The Labute approximate surface area is 114 Å². The van der Waals surface area contributed by atoms with Gasteiger partial charge in [-0.25, -0.2) is 0 Å². The first kappa shape index (κ1) is 12.0. The first-order valence-electron chi connectivity index (χ1n) is 5.64. The molecule has 1 fully saturated rings. The van der Waals surface area contributed by atoms with Gasteiger partial charge in [0.1, 0.15) is 0 Å². The van der Waals surface area contributed by atoms with Crippen LogP contribution in [0.5, 0.6) is 0 Å². The van der Waals surface area contributed by atoms with Crippen LogP contribution in [-0.2, 0) is 5.41 Å². The molecule has 1 aliphatic carbocycles. The Kier molecular flexibility index (Phi) is 2.81. The van der Waals surface area contributed by atoms with E-state index in [1.807, 2.05) is 6.07 Å². The van der Waals surface area contributed by atoms with E-state index in [1.54, 1.807) is 12.1 Å². The second-order valence-electron chi connectivity index (χ2n) is 4.54. The standard InChI is InChI=1S/C12H11Cl2N3O/c13-8-2-1-7(5-9(8)14)10-16-11(18-17-10)12(6-15)3-4-12/h1-2,5H,3-4,6,15H2. The van der Waals surface area contributed by atoms with Gasteiger partial charge in [0.25, 0.3) is 0 Å². The molecule has 0 amide bonds. The Morgan fingerprint density at radius 1 is 1.28 bits per heavy atom. The summed E-state index contributed by atoms with van der Waals surface area (Å²) in [6, 6.07) is 5.25. The summed E-state index contributed by atoms with van der Waals surface area (Å²) in [5.74, 6) is 1.13. The largest absolute Gasteiger partial charge is 0.338 e. The van der Waals surface area contributed by atoms with Crippen molar-refractivity contribution >= 4 is 23.2 Å². The molecule has 0 unspecified atom stereocenters. The van der Waals surface area contributed by atoms with Crippen molar-refractivity contribution in [1.29, 1.82) is 0 Å². The van der Waals surface area contributed by atoms with Gasteiger partial charge < -0.3 is 10.3 Å². The summed E-state index contributed by atoms with van der Waals surface area (Å²) in [7, 11) is 0. The molecule has 1 heterocycles. The van der Waals surface area contributed by atoms with E-state index >= 15 is 0 Å². The second kappa shape index (κ2) is 4.23. The topological polar surface area (TPSA) is 64.9 Å². The molecule has 2 aromatic rings. The molecular formula is C12H11Cl2N3O. The number of nitrogens with two attached hydrogens (primary N) is 1. The lowest BCUT2D eigenvalue weighted by atomic mass is 10.1. The maximum absolute atomic E-state index is 5.96. The molecule has 0 atom stereocenters. The summed E-state index contributed by atoms with van der Waals surface area (Å²) >= 11 is 11.8. The highest BCUT2D eigenvalue weighted by atomic mass is 35.5. The third kappa shape index (κ3) is 1.90. The highest BCUT2D eigenvalue weighted by Crippen LogP contribution is 2.46. The molecular weight excluding hydrogens is 273 g/mol. The summed E-state index contributed by atoms with van der Waals surface area (Å²) in [6.07, 6.45) is 2.01. The Hall–Kier alpha value is -1.10. The van der Waals surface area contributed by atoms with Gasteiger partial charge in [0.15, 0.2) is 0 Å². The highest BCUT2D eigenvalue weighted by Gasteiger charge is 2.48. The van der Waals surface area contributed by atoms with E-state index in [2.05, 4.69) is 10.1 Å². The number of rotatable bonds is 3. The van der Waals surface area contributed by atoms with Crippen LogP contribution in [0.1, 0.15) is 18.7 Å². The lowest BCUT2D eigenvalue weighted by Crippen LogP contribution is -2.19. The quantitative estimate of drug-likeness (QED) is 0.940. The molecule has 0 spiro atoms. The van der Waals surface area contributed by atoms with E-state index in [4.69, 9.17) is 33.5 Å². The molecule has 1 aliphatic rings. The number of hydrogen-bond donors (Lipinski definition) is 1. The summed E-state index contributed by atoms with van der Waals surface area (Å²) < 4.78 is 5.29. The maximum Gasteiger partial charge on any atom is 0.234 e. The summed E-state index contributed by atoms with van der Waals surface area (Å²) in [6.45, 7) is 0.538. The summed E-state index contributed by atoms with van der Waals surface area (Å²) in [5, 5.41) is 4.95. The van der Waals surface area contributed by atoms with Crippen LogP contribution in [-0.4, -0.2) is 16.7 Å². The molecule has 1 aromatic heterocycles. The van der Waals surface area contributed by atoms with Crippen LogP contribution in [0, 0.1) is 0 Å². The second-order valence-corrected chi connectivity index (χ2v) is 5.35. The van der Waals surface area contributed by atoms with Crippen molar-refractivity contribution in [2.45, 2.75) is 18.3 Å². The third-order valence-corrected chi connectivity index (χ3v) is 4.04. The van der Waals surface area contributed by atoms with Crippen LogP contribution in [0.2, 0.25) is 10.0 Å². The van der Waals surface area contributed by atoms with Crippen molar-refractivity contribution in [2.24, 2.45) is 5.73 Å². The summed E-state index contributed by atoms with van der Waals surface area (Å²) in [5.41, 5.74) is 6.42.